The van der Waals surface area contributed by atoms with Crippen LogP contribution in [0.15, 0.2) is 88.1 Å². The fourth-order valence-corrected chi connectivity index (χ4v) is 3.22. The maximum absolute atomic E-state index is 13.2. The third kappa shape index (κ3) is 4.25. The van der Waals surface area contributed by atoms with Crippen molar-refractivity contribution in [3.05, 3.63) is 106 Å². The molecule has 0 aliphatic carbocycles. The molecule has 0 spiro atoms. The second-order valence-corrected chi connectivity index (χ2v) is 7.17. The van der Waals surface area contributed by atoms with Gasteiger partial charge < -0.3 is 14.5 Å². The molecule has 1 unspecified atom stereocenters. The molecule has 5 heteroatoms. The number of ether oxygens (including phenoxy) is 1. The van der Waals surface area contributed by atoms with Crippen LogP contribution in [0.4, 0.5) is 5.69 Å². The van der Waals surface area contributed by atoms with Crippen LogP contribution in [0.3, 0.4) is 0 Å². The minimum atomic E-state index is -0.876. The fourth-order valence-electron chi connectivity index (χ4n) is 3.22. The van der Waals surface area contributed by atoms with Crippen molar-refractivity contribution < 1.29 is 13.9 Å². The van der Waals surface area contributed by atoms with E-state index in [9.17, 15) is 9.59 Å². The lowest BCUT2D eigenvalue weighted by atomic mass is 10.1. The van der Waals surface area contributed by atoms with Gasteiger partial charge in [0.2, 0.25) is 6.10 Å². The Morgan fingerprint density at radius 3 is 2.50 bits per heavy atom. The molecule has 0 fully saturated rings. The molecule has 0 radical (unpaired) electrons. The summed E-state index contributed by atoms with van der Waals surface area (Å²) in [7, 11) is 0. The number of rotatable bonds is 5. The molecule has 1 N–H and O–H groups in total. The van der Waals surface area contributed by atoms with Crippen molar-refractivity contribution in [2.75, 3.05) is 5.32 Å². The molecule has 0 saturated carbocycles. The Labute approximate surface area is 173 Å². The largest absolute Gasteiger partial charge is 0.476 e. The van der Waals surface area contributed by atoms with Gasteiger partial charge in [0.15, 0.2) is 0 Å². The third-order valence-corrected chi connectivity index (χ3v) is 4.84. The van der Waals surface area contributed by atoms with Crippen LogP contribution >= 0.6 is 0 Å². The number of carbonyl (C=O) groups is 1. The minimum absolute atomic E-state index is 0.287. The van der Waals surface area contributed by atoms with Crippen LogP contribution in [-0.2, 0) is 4.79 Å². The molecule has 30 heavy (non-hydrogen) atoms. The normalized spacial score (nSPS) is 11.8. The van der Waals surface area contributed by atoms with Crippen molar-refractivity contribution in [2.45, 2.75) is 20.0 Å². The topological polar surface area (TPSA) is 68.5 Å². The molecule has 3 aromatic carbocycles. The molecule has 1 amide bonds. The molecule has 5 nitrogen and oxygen atoms in total. The summed E-state index contributed by atoms with van der Waals surface area (Å²) >= 11 is 0. The molecule has 1 atom stereocenters. The zero-order valence-electron chi connectivity index (χ0n) is 16.7. The number of carbonyl (C=O) groups excluding carboxylic acids is 1. The minimum Gasteiger partial charge on any atom is -0.476 e. The van der Waals surface area contributed by atoms with E-state index >= 15 is 0 Å². The number of benzene rings is 3. The van der Waals surface area contributed by atoms with Crippen LogP contribution in [0.1, 0.15) is 22.8 Å². The molecular weight excluding hydrogens is 378 g/mol. The molecule has 0 aliphatic rings. The van der Waals surface area contributed by atoms with Crippen LogP contribution in [0.2, 0.25) is 0 Å². The van der Waals surface area contributed by atoms with E-state index in [4.69, 9.17) is 9.15 Å². The highest BCUT2D eigenvalue weighted by Gasteiger charge is 2.23. The summed E-state index contributed by atoms with van der Waals surface area (Å²) < 4.78 is 11.3. The number of aryl methyl sites for hydroxylation is 2. The lowest BCUT2D eigenvalue weighted by Crippen LogP contribution is -2.26. The quantitative estimate of drug-likeness (QED) is 0.470. The first-order valence-corrected chi connectivity index (χ1v) is 9.63. The number of hydrogen-bond acceptors (Lipinski definition) is 4. The Hall–Kier alpha value is -3.86. The van der Waals surface area contributed by atoms with Crippen molar-refractivity contribution in [1.29, 1.82) is 0 Å². The maximum Gasteiger partial charge on any atom is 0.336 e. The average molecular weight is 399 g/mol. The summed E-state index contributed by atoms with van der Waals surface area (Å²) in [6, 6.07) is 23.4. The standard InChI is InChI=1S/C25H21NO4/c1-16-8-9-17(2)21(14-16)26-25(28)24(19-6-4-3-5-7-19)29-20-12-10-18-11-13-23(27)30-22(18)15-20/h3-15,24H,1-2H3,(H,26,28). The highest BCUT2D eigenvalue weighted by atomic mass is 16.5. The van der Waals surface area contributed by atoms with Crippen LogP contribution in [0, 0.1) is 13.8 Å². The molecule has 150 valence electrons. The van der Waals surface area contributed by atoms with Gasteiger partial charge in [-0.1, -0.05) is 42.5 Å². The SMILES string of the molecule is Cc1ccc(C)c(NC(=O)C(Oc2ccc3ccc(=O)oc3c2)c2ccccc2)c1. The van der Waals surface area contributed by atoms with E-state index in [2.05, 4.69) is 5.32 Å². The van der Waals surface area contributed by atoms with Crippen LogP contribution in [0.25, 0.3) is 11.0 Å². The van der Waals surface area contributed by atoms with E-state index < -0.39 is 11.7 Å². The summed E-state index contributed by atoms with van der Waals surface area (Å²) in [5.74, 6) is 0.145. The predicted octanol–water partition coefficient (Wildman–Crippen LogP) is 5.17. The van der Waals surface area contributed by atoms with Gasteiger partial charge in [-0.25, -0.2) is 4.79 Å². The van der Waals surface area contributed by atoms with Crippen molar-refractivity contribution in [3.63, 3.8) is 0 Å². The van der Waals surface area contributed by atoms with Gasteiger partial charge in [0.05, 0.1) is 0 Å². The second-order valence-electron chi connectivity index (χ2n) is 7.17. The van der Waals surface area contributed by atoms with Gasteiger partial charge in [-0.3, -0.25) is 4.79 Å². The number of nitrogens with one attached hydrogen (secondary N) is 1. The van der Waals surface area contributed by atoms with Crippen LogP contribution in [-0.4, -0.2) is 5.91 Å². The highest BCUT2D eigenvalue weighted by Crippen LogP contribution is 2.27. The van der Waals surface area contributed by atoms with E-state index in [1.54, 1.807) is 24.3 Å². The number of amides is 1. The first kappa shape index (κ1) is 19.5. The van der Waals surface area contributed by atoms with Crippen molar-refractivity contribution in [2.24, 2.45) is 0 Å². The van der Waals surface area contributed by atoms with Gasteiger partial charge >= 0.3 is 5.63 Å². The van der Waals surface area contributed by atoms with Gasteiger partial charge in [0, 0.05) is 28.8 Å². The van der Waals surface area contributed by atoms with Crippen molar-refractivity contribution in [3.8, 4) is 5.75 Å². The smallest absolute Gasteiger partial charge is 0.336 e. The Morgan fingerprint density at radius 2 is 1.70 bits per heavy atom. The Morgan fingerprint density at radius 1 is 0.933 bits per heavy atom. The van der Waals surface area contributed by atoms with E-state index in [0.29, 0.717) is 11.3 Å². The van der Waals surface area contributed by atoms with E-state index in [0.717, 1.165) is 27.8 Å². The van der Waals surface area contributed by atoms with Crippen molar-refractivity contribution >= 4 is 22.6 Å². The highest BCUT2D eigenvalue weighted by molar-refractivity contribution is 5.96. The molecule has 0 saturated heterocycles. The molecule has 4 aromatic rings. The molecule has 1 aromatic heterocycles. The summed E-state index contributed by atoms with van der Waals surface area (Å²) in [4.78, 5) is 24.7. The first-order valence-electron chi connectivity index (χ1n) is 9.63. The number of fused-ring (bicyclic) bond motifs is 1. The number of anilines is 1. The van der Waals surface area contributed by atoms with Gasteiger partial charge in [0.1, 0.15) is 11.3 Å². The summed E-state index contributed by atoms with van der Waals surface area (Å²) in [6.07, 6.45) is -0.876. The van der Waals surface area contributed by atoms with E-state index in [1.807, 2.05) is 62.4 Å². The molecule has 4 rings (SSSR count). The molecule has 1 heterocycles. The molecule has 0 aliphatic heterocycles. The second kappa shape index (κ2) is 8.25. The monoisotopic (exact) mass is 399 g/mol. The van der Waals surface area contributed by atoms with Gasteiger partial charge in [-0.15, -0.1) is 0 Å². The van der Waals surface area contributed by atoms with Gasteiger partial charge in [-0.05, 0) is 49.2 Å². The third-order valence-electron chi connectivity index (χ3n) is 4.84. The van der Waals surface area contributed by atoms with E-state index in [-0.39, 0.29) is 5.91 Å². The lowest BCUT2D eigenvalue weighted by Gasteiger charge is -2.20. The van der Waals surface area contributed by atoms with Crippen LogP contribution < -0.4 is 15.7 Å². The summed E-state index contributed by atoms with van der Waals surface area (Å²) in [5, 5.41) is 3.75. The summed E-state index contributed by atoms with van der Waals surface area (Å²) in [6.45, 7) is 3.92. The fraction of sp³-hybridized carbons (Fsp3) is 0.120. The van der Waals surface area contributed by atoms with Crippen molar-refractivity contribution in [1.82, 2.24) is 0 Å². The Bertz CT molecular complexity index is 1260. The molecular formula is C25H21NO4. The zero-order valence-corrected chi connectivity index (χ0v) is 16.7. The van der Waals surface area contributed by atoms with Crippen LogP contribution in [0.5, 0.6) is 5.75 Å². The summed E-state index contributed by atoms with van der Waals surface area (Å²) in [5.41, 5.74) is 3.45. The maximum atomic E-state index is 13.2. The molecule has 0 bridgehead atoms. The lowest BCUT2D eigenvalue weighted by molar-refractivity contribution is -0.123. The van der Waals surface area contributed by atoms with E-state index in [1.165, 1.54) is 6.07 Å². The predicted molar refractivity (Wildman–Crippen MR) is 117 cm³/mol. The zero-order chi connectivity index (χ0) is 21.1. The van der Waals surface area contributed by atoms with Gasteiger partial charge in [0.25, 0.3) is 5.91 Å². The number of hydrogen-bond donors (Lipinski definition) is 1. The first-order chi connectivity index (χ1) is 14.5. The van der Waals surface area contributed by atoms with Gasteiger partial charge in [-0.2, -0.15) is 0 Å². The Balaban J connectivity index is 1.67. The Kier molecular flexibility index (Phi) is 5.35. The average Bonchev–Trinajstić information content (AvgIpc) is 2.75.